The van der Waals surface area contributed by atoms with Gasteiger partial charge in [-0.05, 0) is 51.2 Å². The standard InChI is InChI=1S/C21H25NO4/c1-3-11-22-20(24)19-13(2)17-15(25-19)7-8-16-18(17)14(23)12-21(26-16)9-5-4-6-10-21/h7-8H,3-6,9-12H2,1-2H3,(H,22,24). The van der Waals surface area contributed by atoms with Crippen LogP contribution in [0.3, 0.4) is 0 Å². The molecule has 1 fully saturated rings. The highest BCUT2D eigenvalue weighted by Crippen LogP contribution is 2.45. The van der Waals surface area contributed by atoms with Crippen LogP contribution in [0, 0.1) is 6.92 Å². The van der Waals surface area contributed by atoms with Gasteiger partial charge in [0.1, 0.15) is 16.9 Å². The van der Waals surface area contributed by atoms with Crippen molar-refractivity contribution in [1.82, 2.24) is 5.32 Å². The summed E-state index contributed by atoms with van der Waals surface area (Å²) in [6, 6.07) is 3.63. The van der Waals surface area contributed by atoms with E-state index in [1.807, 2.05) is 26.0 Å². The minimum Gasteiger partial charge on any atom is -0.486 e. The van der Waals surface area contributed by atoms with Crippen molar-refractivity contribution in [2.45, 2.75) is 64.4 Å². The number of aryl methyl sites for hydroxylation is 1. The number of furan rings is 1. The van der Waals surface area contributed by atoms with E-state index in [0.717, 1.165) is 37.5 Å². The van der Waals surface area contributed by atoms with Crippen molar-refractivity contribution >= 4 is 22.7 Å². The molecule has 26 heavy (non-hydrogen) atoms. The molecule has 0 atom stereocenters. The molecule has 1 aromatic carbocycles. The normalized spacial score (nSPS) is 18.6. The van der Waals surface area contributed by atoms with E-state index in [9.17, 15) is 9.59 Å². The van der Waals surface area contributed by atoms with E-state index in [0.29, 0.717) is 35.4 Å². The number of fused-ring (bicyclic) bond motifs is 3. The summed E-state index contributed by atoms with van der Waals surface area (Å²) in [6.07, 6.45) is 6.57. The van der Waals surface area contributed by atoms with Gasteiger partial charge in [-0.1, -0.05) is 13.3 Å². The van der Waals surface area contributed by atoms with Crippen LogP contribution in [-0.4, -0.2) is 23.8 Å². The summed E-state index contributed by atoms with van der Waals surface area (Å²) in [5.41, 5.74) is 1.52. The molecule has 5 heteroatoms. The predicted molar refractivity (Wildman–Crippen MR) is 99.0 cm³/mol. The Morgan fingerprint density at radius 3 is 2.73 bits per heavy atom. The molecule has 2 aromatic rings. The van der Waals surface area contributed by atoms with Crippen molar-refractivity contribution in [3.05, 3.63) is 29.0 Å². The van der Waals surface area contributed by atoms with Crippen LogP contribution in [0.25, 0.3) is 11.0 Å². The zero-order valence-corrected chi connectivity index (χ0v) is 15.4. The van der Waals surface area contributed by atoms with Crippen LogP contribution in [0.4, 0.5) is 0 Å². The molecular formula is C21H25NO4. The van der Waals surface area contributed by atoms with Gasteiger partial charge in [-0.3, -0.25) is 9.59 Å². The number of ketones is 1. The van der Waals surface area contributed by atoms with Crippen molar-refractivity contribution in [2.24, 2.45) is 0 Å². The van der Waals surface area contributed by atoms with Crippen molar-refractivity contribution in [2.75, 3.05) is 6.54 Å². The summed E-state index contributed by atoms with van der Waals surface area (Å²) in [5.74, 6) is 0.790. The number of carbonyl (C=O) groups excluding carboxylic acids is 2. The van der Waals surface area contributed by atoms with Crippen LogP contribution < -0.4 is 10.1 Å². The number of rotatable bonds is 3. The number of amides is 1. The molecule has 2 aliphatic rings. The van der Waals surface area contributed by atoms with Gasteiger partial charge >= 0.3 is 0 Å². The van der Waals surface area contributed by atoms with E-state index in [-0.39, 0.29) is 23.1 Å². The number of carbonyl (C=O) groups is 2. The molecule has 4 rings (SSSR count). The number of ether oxygens (including phenoxy) is 1. The third-order valence-electron chi connectivity index (χ3n) is 5.65. The molecule has 0 saturated heterocycles. The van der Waals surface area contributed by atoms with E-state index in [2.05, 4.69) is 5.32 Å². The molecular weight excluding hydrogens is 330 g/mol. The van der Waals surface area contributed by atoms with Crippen molar-refractivity contribution < 1.29 is 18.7 Å². The number of hydrogen-bond acceptors (Lipinski definition) is 4. The Morgan fingerprint density at radius 2 is 2.00 bits per heavy atom. The Morgan fingerprint density at radius 1 is 1.23 bits per heavy atom. The SMILES string of the molecule is CCCNC(=O)c1oc2ccc3c(c2c1C)C(=O)CC1(CCCCC1)O3. The Balaban J connectivity index is 1.77. The molecule has 0 unspecified atom stereocenters. The van der Waals surface area contributed by atoms with Gasteiger partial charge in [0.05, 0.1) is 12.0 Å². The zero-order chi connectivity index (χ0) is 18.3. The number of benzene rings is 1. The highest BCUT2D eigenvalue weighted by molar-refractivity contribution is 6.13. The molecule has 1 amide bonds. The fourth-order valence-electron chi connectivity index (χ4n) is 4.34. The maximum Gasteiger partial charge on any atom is 0.287 e. The molecule has 1 aliphatic heterocycles. The Kier molecular flexibility index (Phi) is 4.25. The predicted octanol–water partition coefficient (Wildman–Crippen LogP) is 4.55. The van der Waals surface area contributed by atoms with Gasteiger partial charge in [-0.25, -0.2) is 0 Å². The first kappa shape index (κ1) is 17.1. The maximum atomic E-state index is 13.1. The quantitative estimate of drug-likeness (QED) is 0.877. The summed E-state index contributed by atoms with van der Waals surface area (Å²) in [5, 5.41) is 3.56. The van der Waals surface area contributed by atoms with Crippen LogP contribution >= 0.6 is 0 Å². The lowest BCUT2D eigenvalue weighted by molar-refractivity contribution is 0.0139. The minimum atomic E-state index is -0.338. The third-order valence-corrected chi connectivity index (χ3v) is 5.65. The second-order valence-electron chi connectivity index (χ2n) is 7.57. The third kappa shape index (κ3) is 2.70. The van der Waals surface area contributed by atoms with Gasteiger partial charge in [0, 0.05) is 17.5 Å². The largest absolute Gasteiger partial charge is 0.486 e. The van der Waals surface area contributed by atoms with E-state index < -0.39 is 0 Å². The Bertz CT molecular complexity index is 874. The maximum absolute atomic E-state index is 13.1. The molecule has 1 aliphatic carbocycles. The molecule has 1 saturated carbocycles. The number of hydrogen-bond donors (Lipinski definition) is 1. The lowest BCUT2D eigenvalue weighted by atomic mass is 9.78. The van der Waals surface area contributed by atoms with Crippen LogP contribution in [0.15, 0.2) is 16.5 Å². The van der Waals surface area contributed by atoms with Gasteiger partial charge in [-0.15, -0.1) is 0 Å². The highest BCUT2D eigenvalue weighted by atomic mass is 16.5. The first-order valence-electron chi connectivity index (χ1n) is 9.61. The fourth-order valence-corrected chi connectivity index (χ4v) is 4.34. The summed E-state index contributed by atoms with van der Waals surface area (Å²) in [7, 11) is 0. The Hall–Kier alpha value is -2.30. The van der Waals surface area contributed by atoms with Crippen LogP contribution in [0.1, 0.15) is 78.3 Å². The molecule has 5 nitrogen and oxygen atoms in total. The minimum absolute atomic E-state index is 0.100. The van der Waals surface area contributed by atoms with E-state index in [4.69, 9.17) is 9.15 Å². The fraction of sp³-hybridized carbons (Fsp3) is 0.524. The van der Waals surface area contributed by atoms with Gasteiger partial charge < -0.3 is 14.5 Å². The van der Waals surface area contributed by atoms with Crippen molar-refractivity contribution in [1.29, 1.82) is 0 Å². The van der Waals surface area contributed by atoms with Gasteiger partial charge in [0.25, 0.3) is 5.91 Å². The van der Waals surface area contributed by atoms with E-state index in [1.54, 1.807) is 0 Å². The van der Waals surface area contributed by atoms with Crippen molar-refractivity contribution in [3.8, 4) is 5.75 Å². The summed E-state index contributed by atoms with van der Waals surface area (Å²) in [4.78, 5) is 25.4. The topological polar surface area (TPSA) is 68.5 Å². The molecule has 0 bridgehead atoms. The van der Waals surface area contributed by atoms with Gasteiger partial charge in [0.15, 0.2) is 11.5 Å². The average Bonchev–Trinajstić information content (AvgIpc) is 2.97. The average molecular weight is 355 g/mol. The van der Waals surface area contributed by atoms with Crippen LogP contribution in [0.2, 0.25) is 0 Å². The summed E-state index contributed by atoms with van der Waals surface area (Å²) < 4.78 is 12.2. The first-order valence-corrected chi connectivity index (χ1v) is 9.61. The van der Waals surface area contributed by atoms with Gasteiger partial charge in [-0.2, -0.15) is 0 Å². The molecule has 1 N–H and O–H groups in total. The lowest BCUT2D eigenvalue weighted by Crippen LogP contribution is -2.43. The van der Waals surface area contributed by atoms with Crippen LogP contribution in [0.5, 0.6) is 5.75 Å². The van der Waals surface area contributed by atoms with E-state index >= 15 is 0 Å². The Labute approximate surface area is 153 Å². The zero-order valence-electron chi connectivity index (χ0n) is 15.4. The second-order valence-corrected chi connectivity index (χ2v) is 7.57. The lowest BCUT2D eigenvalue weighted by Gasteiger charge is -2.40. The molecule has 0 radical (unpaired) electrons. The molecule has 1 aromatic heterocycles. The van der Waals surface area contributed by atoms with E-state index in [1.165, 1.54) is 6.42 Å². The molecule has 1 spiro atoms. The monoisotopic (exact) mass is 355 g/mol. The summed E-state index contributed by atoms with van der Waals surface area (Å²) >= 11 is 0. The molecule has 138 valence electrons. The van der Waals surface area contributed by atoms with Crippen molar-refractivity contribution in [3.63, 3.8) is 0 Å². The van der Waals surface area contributed by atoms with Crippen LogP contribution in [-0.2, 0) is 0 Å². The smallest absolute Gasteiger partial charge is 0.287 e. The number of Topliss-reactive ketones (excluding diaryl/α,β-unsaturated/α-hetero) is 1. The first-order chi connectivity index (χ1) is 12.5. The second kappa shape index (κ2) is 6.45. The van der Waals surface area contributed by atoms with Gasteiger partial charge in [0.2, 0.25) is 0 Å². The number of nitrogens with one attached hydrogen (secondary N) is 1. The highest BCUT2D eigenvalue weighted by Gasteiger charge is 2.42. The summed E-state index contributed by atoms with van der Waals surface area (Å²) in [6.45, 7) is 4.43. The molecule has 2 heterocycles.